The summed E-state index contributed by atoms with van der Waals surface area (Å²) in [5.41, 5.74) is 10.4. The molecular formula is C14H18N2. The molecule has 1 saturated carbocycles. The van der Waals surface area contributed by atoms with Crippen LogP contribution in [0.1, 0.15) is 30.5 Å². The number of pyridine rings is 1. The molecule has 0 bridgehead atoms. The van der Waals surface area contributed by atoms with Gasteiger partial charge in [0.05, 0.1) is 0 Å². The van der Waals surface area contributed by atoms with Gasteiger partial charge in [-0.15, -0.1) is 0 Å². The van der Waals surface area contributed by atoms with E-state index in [0.717, 1.165) is 6.54 Å². The molecule has 1 aliphatic carbocycles. The van der Waals surface area contributed by atoms with Gasteiger partial charge in [-0.3, -0.25) is 0 Å². The summed E-state index contributed by atoms with van der Waals surface area (Å²) < 4.78 is 2.32. The van der Waals surface area contributed by atoms with Crippen molar-refractivity contribution in [1.29, 1.82) is 0 Å². The van der Waals surface area contributed by atoms with Crippen LogP contribution in [0, 0.1) is 6.92 Å². The number of nitrogens with two attached hydrogens (primary N) is 1. The summed E-state index contributed by atoms with van der Waals surface area (Å²) >= 11 is 0. The molecule has 16 heavy (non-hydrogen) atoms. The van der Waals surface area contributed by atoms with Gasteiger partial charge >= 0.3 is 0 Å². The molecule has 2 heteroatoms. The maximum atomic E-state index is 6.01. The van der Waals surface area contributed by atoms with Crippen LogP contribution in [0.25, 0.3) is 5.52 Å². The van der Waals surface area contributed by atoms with Gasteiger partial charge < -0.3 is 10.1 Å². The van der Waals surface area contributed by atoms with Crippen LogP contribution in [-0.2, 0) is 5.41 Å². The lowest BCUT2D eigenvalue weighted by Gasteiger charge is -2.41. The van der Waals surface area contributed by atoms with Crippen molar-refractivity contribution >= 4 is 5.52 Å². The largest absolute Gasteiger partial charge is 0.330 e. The number of fused-ring (bicyclic) bond motifs is 1. The molecule has 2 aromatic heterocycles. The van der Waals surface area contributed by atoms with Gasteiger partial charge in [0.25, 0.3) is 0 Å². The van der Waals surface area contributed by atoms with E-state index in [1.54, 1.807) is 0 Å². The molecule has 2 N–H and O–H groups in total. The Labute approximate surface area is 96.1 Å². The first-order valence-electron chi connectivity index (χ1n) is 6.04. The summed E-state index contributed by atoms with van der Waals surface area (Å²) in [4.78, 5) is 0. The van der Waals surface area contributed by atoms with Crippen LogP contribution in [0.4, 0.5) is 0 Å². The SMILES string of the molecule is Cc1cc2ccccn2c1C1(CN)CCC1. The van der Waals surface area contributed by atoms with E-state index < -0.39 is 0 Å². The Kier molecular flexibility index (Phi) is 2.08. The Morgan fingerprint density at radius 3 is 2.81 bits per heavy atom. The Hall–Kier alpha value is -1.28. The second-order valence-corrected chi connectivity index (χ2v) is 5.01. The fraction of sp³-hybridized carbons (Fsp3) is 0.429. The zero-order valence-electron chi connectivity index (χ0n) is 9.74. The Balaban J connectivity index is 2.26. The number of nitrogens with zero attached hydrogens (tertiary/aromatic N) is 1. The first-order valence-corrected chi connectivity index (χ1v) is 6.04. The van der Waals surface area contributed by atoms with Gasteiger partial charge in [0.1, 0.15) is 0 Å². The maximum absolute atomic E-state index is 6.01. The lowest BCUT2D eigenvalue weighted by molar-refractivity contribution is 0.243. The Bertz CT molecular complexity index is 515. The standard InChI is InChI=1S/C14H18N2/c1-11-9-12-5-2-3-8-16(12)13(11)14(10-15)6-4-7-14/h2-3,5,8-9H,4,6-7,10,15H2,1H3. The van der Waals surface area contributed by atoms with Crippen molar-refractivity contribution in [3.63, 3.8) is 0 Å². The van der Waals surface area contributed by atoms with Crippen molar-refractivity contribution in [2.24, 2.45) is 5.73 Å². The summed E-state index contributed by atoms with van der Waals surface area (Å²) in [5.74, 6) is 0. The van der Waals surface area contributed by atoms with Gasteiger partial charge in [-0.2, -0.15) is 0 Å². The quantitative estimate of drug-likeness (QED) is 0.818. The third kappa shape index (κ3) is 1.17. The van der Waals surface area contributed by atoms with Crippen molar-refractivity contribution in [1.82, 2.24) is 4.40 Å². The molecule has 0 aromatic carbocycles. The minimum Gasteiger partial charge on any atom is -0.330 e. The Morgan fingerprint density at radius 2 is 2.19 bits per heavy atom. The minimum absolute atomic E-state index is 0.248. The van der Waals surface area contributed by atoms with E-state index >= 15 is 0 Å². The fourth-order valence-corrected chi connectivity index (χ4v) is 3.07. The predicted molar refractivity (Wildman–Crippen MR) is 66.7 cm³/mol. The van der Waals surface area contributed by atoms with Crippen LogP contribution in [0.15, 0.2) is 30.5 Å². The normalized spacial score (nSPS) is 18.6. The van der Waals surface area contributed by atoms with Gasteiger partial charge in [-0.25, -0.2) is 0 Å². The number of aromatic nitrogens is 1. The molecule has 0 amide bonds. The van der Waals surface area contributed by atoms with Crippen LogP contribution >= 0.6 is 0 Å². The fourth-order valence-electron chi connectivity index (χ4n) is 3.07. The highest BCUT2D eigenvalue weighted by atomic mass is 14.9. The number of aryl methyl sites for hydroxylation is 1. The summed E-state index contributed by atoms with van der Waals surface area (Å²) in [6, 6.07) is 8.62. The van der Waals surface area contributed by atoms with Crippen LogP contribution in [0.2, 0.25) is 0 Å². The topological polar surface area (TPSA) is 30.4 Å². The van der Waals surface area contributed by atoms with E-state index in [1.807, 2.05) is 0 Å². The first-order chi connectivity index (χ1) is 7.77. The van der Waals surface area contributed by atoms with Crippen molar-refractivity contribution in [3.8, 4) is 0 Å². The van der Waals surface area contributed by atoms with Crippen molar-refractivity contribution in [3.05, 3.63) is 41.7 Å². The minimum atomic E-state index is 0.248. The van der Waals surface area contributed by atoms with Gasteiger partial charge in [0.15, 0.2) is 0 Å². The zero-order valence-corrected chi connectivity index (χ0v) is 9.74. The van der Waals surface area contributed by atoms with E-state index in [0.29, 0.717) is 0 Å². The second-order valence-electron chi connectivity index (χ2n) is 5.01. The van der Waals surface area contributed by atoms with Crippen molar-refractivity contribution < 1.29 is 0 Å². The highest BCUT2D eigenvalue weighted by molar-refractivity contribution is 5.55. The lowest BCUT2D eigenvalue weighted by atomic mass is 9.66. The van der Waals surface area contributed by atoms with Crippen molar-refractivity contribution in [2.75, 3.05) is 6.54 Å². The van der Waals surface area contributed by atoms with Crippen molar-refractivity contribution in [2.45, 2.75) is 31.6 Å². The van der Waals surface area contributed by atoms with E-state index in [2.05, 4.69) is 41.8 Å². The molecule has 2 nitrogen and oxygen atoms in total. The number of hydrogen-bond donors (Lipinski definition) is 1. The first kappa shape index (κ1) is 9.91. The highest BCUT2D eigenvalue weighted by Crippen LogP contribution is 2.44. The third-order valence-electron chi connectivity index (χ3n) is 4.07. The van der Waals surface area contributed by atoms with Gasteiger partial charge in [0, 0.05) is 29.4 Å². The van der Waals surface area contributed by atoms with Gasteiger partial charge in [-0.05, 0) is 43.5 Å². The lowest BCUT2D eigenvalue weighted by Crippen LogP contribution is -2.43. The summed E-state index contributed by atoms with van der Waals surface area (Å²) in [5, 5.41) is 0. The molecule has 0 atom stereocenters. The predicted octanol–water partition coefficient (Wildman–Crippen LogP) is 2.63. The van der Waals surface area contributed by atoms with Gasteiger partial charge in [0.2, 0.25) is 0 Å². The molecule has 0 spiro atoms. The molecule has 1 fully saturated rings. The zero-order chi connectivity index (χ0) is 11.2. The van der Waals surface area contributed by atoms with Crippen LogP contribution in [0.3, 0.4) is 0 Å². The van der Waals surface area contributed by atoms with E-state index in [9.17, 15) is 0 Å². The number of rotatable bonds is 2. The van der Waals surface area contributed by atoms with Crippen LogP contribution in [0.5, 0.6) is 0 Å². The molecule has 84 valence electrons. The molecule has 2 aromatic rings. The third-order valence-corrected chi connectivity index (χ3v) is 4.07. The average molecular weight is 214 g/mol. The molecule has 0 unspecified atom stereocenters. The van der Waals surface area contributed by atoms with E-state index in [-0.39, 0.29) is 5.41 Å². The summed E-state index contributed by atoms with van der Waals surface area (Å²) in [6.07, 6.45) is 5.96. The summed E-state index contributed by atoms with van der Waals surface area (Å²) in [7, 11) is 0. The molecule has 3 rings (SSSR count). The van der Waals surface area contributed by atoms with Gasteiger partial charge in [-0.1, -0.05) is 12.5 Å². The smallest absolute Gasteiger partial charge is 0.0455 e. The second kappa shape index (κ2) is 3.36. The molecule has 1 aliphatic rings. The molecule has 0 saturated heterocycles. The van der Waals surface area contributed by atoms with Crippen LogP contribution in [-0.4, -0.2) is 10.9 Å². The highest BCUT2D eigenvalue weighted by Gasteiger charge is 2.40. The molecule has 0 aliphatic heterocycles. The average Bonchev–Trinajstić information content (AvgIpc) is 2.56. The molecule has 0 radical (unpaired) electrons. The molecule has 2 heterocycles. The maximum Gasteiger partial charge on any atom is 0.0455 e. The van der Waals surface area contributed by atoms with E-state index in [1.165, 1.54) is 36.0 Å². The molecular weight excluding hydrogens is 196 g/mol. The van der Waals surface area contributed by atoms with E-state index in [4.69, 9.17) is 5.73 Å². The Morgan fingerprint density at radius 1 is 1.38 bits per heavy atom. The van der Waals surface area contributed by atoms with Crippen LogP contribution < -0.4 is 5.73 Å². The monoisotopic (exact) mass is 214 g/mol. The number of hydrogen-bond acceptors (Lipinski definition) is 1. The summed E-state index contributed by atoms with van der Waals surface area (Å²) in [6.45, 7) is 2.98.